The van der Waals surface area contributed by atoms with Gasteiger partial charge in [0, 0.05) is 5.56 Å². The molecule has 0 saturated carbocycles. The number of aliphatic hydroxyl groups is 1. The van der Waals surface area contributed by atoms with Gasteiger partial charge in [-0.2, -0.15) is 0 Å². The first kappa shape index (κ1) is 17.8. The first-order chi connectivity index (χ1) is 9.28. The highest BCUT2D eigenvalue weighted by Gasteiger charge is 2.41. The van der Waals surface area contributed by atoms with Crippen LogP contribution in [0.5, 0.6) is 0 Å². The van der Waals surface area contributed by atoms with E-state index in [9.17, 15) is 14.7 Å². The van der Waals surface area contributed by atoms with E-state index in [0.717, 1.165) is 5.56 Å². The van der Waals surface area contributed by atoms with Gasteiger partial charge in [-0.15, -0.1) is 0 Å². The summed E-state index contributed by atoms with van der Waals surface area (Å²) in [6.07, 6.45) is -1.30. The summed E-state index contributed by atoms with van der Waals surface area (Å²) in [5.74, 6) is -0.718. The summed E-state index contributed by atoms with van der Waals surface area (Å²) in [6, 6.07) is 7.13. The molecule has 6 heteroatoms. The second-order valence-electron chi connectivity index (χ2n) is 4.34. The standard InChI is InChI=1S/C14H16I2O4/c1-3-20-12(18)8-11(17)14(15,16)13(19)10-6-4-9(2)5-7-10/h4-7,11,17H,3,8H2,1-2H3. The third-order valence-electron chi connectivity index (χ3n) is 2.70. The van der Waals surface area contributed by atoms with E-state index in [1.165, 1.54) is 0 Å². The van der Waals surface area contributed by atoms with Gasteiger partial charge in [0.15, 0.2) is 7.21 Å². The molecule has 0 fully saturated rings. The topological polar surface area (TPSA) is 63.6 Å². The third kappa shape index (κ3) is 4.66. The maximum atomic E-state index is 12.4. The number of carbonyl (C=O) groups excluding carboxylic acids is 2. The molecule has 1 atom stereocenters. The maximum Gasteiger partial charge on any atom is 0.308 e. The molecule has 1 rings (SSSR count). The molecule has 1 N–H and O–H groups in total. The first-order valence-electron chi connectivity index (χ1n) is 6.12. The Morgan fingerprint density at radius 3 is 2.35 bits per heavy atom. The Balaban J connectivity index is 2.83. The molecule has 1 unspecified atom stereocenters. The molecule has 0 heterocycles. The van der Waals surface area contributed by atoms with Crippen LogP contribution in [0.25, 0.3) is 0 Å². The summed E-state index contributed by atoms with van der Waals surface area (Å²) < 4.78 is 3.69. The fraction of sp³-hybridized carbons (Fsp3) is 0.429. The lowest BCUT2D eigenvalue weighted by Crippen LogP contribution is -2.39. The molecule has 0 saturated heterocycles. The lowest BCUT2D eigenvalue weighted by molar-refractivity contribution is -0.145. The van der Waals surface area contributed by atoms with E-state index < -0.39 is 13.5 Å². The van der Waals surface area contributed by atoms with Gasteiger partial charge in [0.05, 0.1) is 19.1 Å². The number of Topliss-reactive ketones (excluding diaryl/α,β-unsaturated/α-hetero) is 1. The molecule has 0 aliphatic heterocycles. The second-order valence-corrected chi connectivity index (χ2v) is 9.81. The molecule has 0 bridgehead atoms. The Labute approximate surface area is 145 Å². The number of ether oxygens (including phenoxy) is 1. The molecule has 0 aliphatic carbocycles. The van der Waals surface area contributed by atoms with Gasteiger partial charge in [-0.1, -0.05) is 75.0 Å². The lowest BCUT2D eigenvalue weighted by Gasteiger charge is -2.24. The predicted octanol–water partition coefficient (Wildman–Crippen LogP) is 3.06. The van der Waals surface area contributed by atoms with Crippen molar-refractivity contribution in [2.24, 2.45) is 0 Å². The van der Waals surface area contributed by atoms with E-state index in [1.807, 2.05) is 64.2 Å². The number of aliphatic hydroxyl groups excluding tert-OH is 1. The number of rotatable bonds is 6. The van der Waals surface area contributed by atoms with Crippen molar-refractivity contribution < 1.29 is 19.4 Å². The van der Waals surface area contributed by atoms with Gasteiger partial charge in [0.1, 0.15) is 0 Å². The van der Waals surface area contributed by atoms with Crippen LogP contribution in [0.2, 0.25) is 0 Å². The summed E-state index contributed by atoms with van der Waals surface area (Å²) in [5.41, 5.74) is 1.57. The largest absolute Gasteiger partial charge is 0.466 e. The van der Waals surface area contributed by atoms with E-state index >= 15 is 0 Å². The predicted molar refractivity (Wildman–Crippen MR) is 93.5 cm³/mol. The summed E-state index contributed by atoms with van der Waals surface area (Å²) in [4.78, 5) is 23.8. The van der Waals surface area contributed by atoms with Gasteiger partial charge in [-0.05, 0) is 13.8 Å². The van der Waals surface area contributed by atoms with Crippen molar-refractivity contribution in [3.05, 3.63) is 35.4 Å². The summed E-state index contributed by atoms with van der Waals surface area (Å²) >= 11 is 3.76. The molecule has 110 valence electrons. The number of hydrogen-bond acceptors (Lipinski definition) is 4. The van der Waals surface area contributed by atoms with Gasteiger partial charge < -0.3 is 9.84 Å². The van der Waals surface area contributed by atoms with Crippen LogP contribution in [0.4, 0.5) is 0 Å². The molecular weight excluding hydrogens is 486 g/mol. The molecule has 1 aromatic rings. The Kier molecular flexibility index (Phi) is 6.86. The number of benzene rings is 1. The zero-order valence-corrected chi connectivity index (χ0v) is 15.5. The normalized spacial score (nSPS) is 12.8. The number of aryl methyl sites for hydroxylation is 1. The van der Waals surface area contributed by atoms with E-state index in [1.54, 1.807) is 19.1 Å². The Morgan fingerprint density at radius 2 is 1.85 bits per heavy atom. The fourth-order valence-corrected chi connectivity index (χ4v) is 2.62. The second kappa shape index (κ2) is 7.69. The van der Waals surface area contributed by atoms with Crippen LogP contribution in [0.3, 0.4) is 0 Å². The monoisotopic (exact) mass is 502 g/mol. The maximum absolute atomic E-state index is 12.4. The number of esters is 1. The average Bonchev–Trinajstić information content (AvgIpc) is 2.38. The van der Waals surface area contributed by atoms with Crippen molar-refractivity contribution in [1.82, 2.24) is 0 Å². The molecular formula is C14H16I2O4. The van der Waals surface area contributed by atoms with Crippen LogP contribution in [0.15, 0.2) is 24.3 Å². The van der Waals surface area contributed by atoms with Crippen molar-refractivity contribution in [1.29, 1.82) is 0 Å². The molecule has 0 radical (unpaired) electrons. The number of hydrogen-bond donors (Lipinski definition) is 1. The van der Waals surface area contributed by atoms with E-state index in [-0.39, 0.29) is 18.8 Å². The molecule has 0 spiro atoms. The minimum Gasteiger partial charge on any atom is -0.466 e. The van der Waals surface area contributed by atoms with Crippen molar-refractivity contribution in [3.63, 3.8) is 0 Å². The summed E-state index contributed by atoms with van der Waals surface area (Å²) in [5, 5.41) is 10.1. The average molecular weight is 502 g/mol. The van der Waals surface area contributed by atoms with Gasteiger partial charge in [0.2, 0.25) is 0 Å². The number of ketones is 1. The highest BCUT2D eigenvalue weighted by Crippen LogP contribution is 2.37. The highest BCUT2D eigenvalue weighted by molar-refractivity contribution is 14.2. The van der Waals surface area contributed by atoms with Gasteiger partial charge in [-0.25, -0.2) is 0 Å². The highest BCUT2D eigenvalue weighted by atomic mass is 127. The van der Waals surface area contributed by atoms with E-state index in [4.69, 9.17) is 4.74 Å². The minimum atomic E-state index is -1.10. The van der Waals surface area contributed by atoms with Crippen LogP contribution >= 0.6 is 45.2 Å². The van der Waals surface area contributed by atoms with Gasteiger partial charge in [-0.3, -0.25) is 9.59 Å². The third-order valence-corrected chi connectivity index (χ3v) is 5.12. The lowest BCUT2D eigenvalue weighted by atomic mass is 10.0. The van der Waals surface area contributed by atoms with Crippen LogP contribution in [0, 0.1) is 6.92 Å². The van der Waals surface area contributed by atoms with Crippen molar-refractivity contribution in [2.45, 2.75) is 27.8 Å². The zero-order valence-electron chi connectivity index (χ0n) is 11.2. The van der Waals surface area contributed by atoms with Gasteiger partial charge >= 0.3 is 5.97 Å². The molecule has 0 amide bonds. The fourth-order valence-electron chi connectivity index (χ4n) is 1.55. The Hall–Kier alpha value is -0.220. The Bertz CT molecular complexity index is 482. The molecule has 0 aromatic heterocycles. The molecule has 20 heavy (non-hydrogen) atoms. The van der Waals surface area contributed by atoms with Crippen LogP contribution in [0.1, 0.15) is 29.3 Å². The number of alkyl halides is 2. The van der Waals surface area contributed by atoms with E-state index in [2.05, 4.69) is 0 Å². The summed E-state index contributed by atoms with van der Waals surface area (Å²) in [7, 11) is 0. The van der Waals surface area contributed by atoms with E-state index in [0.29, 0.717) is 5.56 Å². The number of carbonyl (C=O) groups is 2. The zero-order chi connectivity index (χ0) is 15.3. The Morgan fingerprint density at radius 1 is 1.30 bits per heavy atom. The van der Waals surface area contributed by atoms with Crippen LogP contribution in [-0.2, 0) is 9.53 Å². The quantitative estimate of drug-likeness (QED) is 0.282. The van der Waals surface area contributed by atoms with Crippen LogP contribution in [-0.4, -0.2) is 31.0 Å². The smallest absolute Gasteiger partial charge is 0.308 e. The first-order valence-corrected chi connectivity index (χ1v) is 8.27. The molecule has 4 nitrogen and oxygen atoms in total. The van der Waals surface area contributed by atoms with Crippen LogP contribution < -0.4 is 0 Å². The molecule has 1 aromatic carbocycles. The van der Waals surface area contributed by atoms with Crippen molar-refractivity contribution >= 4 is 56.9 Å². The molecule has 0 aliphatic rings. The summed E-state index contributed by atoms with van der Waals surface area (Å²) in [6.45, 7) is 3.89. The minimum absolute atomic E-state index is 0.197. The van der Waals surface area contributed by atoms with Gasteiger partial charge in [0.25, 0.3) is 0 Å². The van der Waals surface area contributed by atoms with Crippen molar-refractivity contribution in [2.75, 3.05) is 6.61 Å². The van der Waals surface area contributed by atoms with Crippen molar-refractivity contribution in [3.8, 4) is 0 Å². The number of halogens is 2. The SMILES string of the molecule is CCOC(=O)CC(O)C(I)(I)C(=O)c1ccc(C)cc1.